The summed E-state index contributed by atoms with van der Waals surface area (Å²) in [5, 5.41) is 0.855. The Morgan fingerprint density at radius 3 is 2.65 bits per heavy atom. The molecule has 1 heterocycles. The molecule has 2 N–H and O–H groups in total. The normalized spacial score (nSPS) is 21.9. The molecule has 20 heavy (non-hydrogen) atoms. The number of guanidine groups is 1. The summed E-state index contributed by atoms with van der Waals surface area (Å²) in [6.45, 7) is 2.78. The standard InChI is InChI=1S/C15H20ClN3S/c16-13-4-2-1-3-12(13)15(5-6-15)11-18-14(17)19-7-9-20-10-8-19/h1-4H,5-11H2,(H2,17,18). The third kappa shape index (κ3) is 2.91. The SMILES string of the molecule is NC(=NCC1(c2ccccc2Cl)CC1)N1CCSCC1. The second-order valence-electron chi connectivity index (χ2n) is 5.53. The summed E-state index contributed by atoms with van der Waals surface area (Å²) in [6, 6.07) is 8.12. The first-order valence-electron chi connectivity index (χ1n) is 7.09. The van der Waals surface area contributed by atoms with Crippen molar-refractivity contribution >= 4 is 29.3 Å². The Bertz CT molecular complexity index is 508. The molecule has 0 bridgehead atoms. The highest BCUT2D eigenvalue weighted by Crippen LogP contribution is 2.50. The van der Waals surface area contributed by atoms with Crippen LogP contribution in [0.1, 0.15) is 18.4 Å². The maximum absolute atomic E-state index is 6.32. The number of halogens is 1. The van der Waals surface area contributed by atoms with Gasteiger partial charge in [-0.2, -0.15) is 11.8 Å². The number of hydrogen-bond acceptors (Lipinski definition) is 2. The van der Waals surface area contributed by atoms with E-state index in [0.29, 0.717) is 5.96 Å². The molecule has 0 unspecified atom stereocenters. The number of benzene rings is 1. The van der Waals surface area contributed by atoms with E-state index in [2.05, 4.69) is 22.0 Å². The lowest BCUT2D eigenvalue weighted by atomic mass is 9.96. The second-order valence-corrected chi connectivity index (χ2v) is 7.17. The van der Waals surface area contributed by atoms with Crippen molar-refractivity contribution in [1.29, 1.82) is 0 Å². The van der Waals surface area contributed by atoms with Crippen LogP contribution >= 0.6 is 23.4 Å². The molecule has 0 aromatic heterocycles. The predicted molar refractivity (Wildman–Crippen MR) is 87.8 cm³/mol. The number of nitrogens with two attached hydrogens (primary N) is 1. The van der Waals surface area contributed by atoms with Crippen molar-refractivity contribution in [2.24, 2.45) is 10.7 Å². The van der Waals surface area contributed by atoms with Gasteiger partial charge in [0.05, 0.1) is 6.54 Å². The van der Waals surface area contributed by atoms with Gasteiger partial charge in [-0.05, 0) is 24.5 Å². The molecule has 0 radical (unpaired) electrons. The Hall–Kier alpha value is -0.870. The van der Waals surface area contributed by atoms with Gasteiger partial charge in [0, 0.05) is 35.0 Å². The number of hydrogen-bond donors (Lipinski definition) is 1. The quantitative estimate of drug-likeness (QED) is 0.689. The van der Waals surface area contributed by atoms with Crippen LogP contribution in [-0.4, -0.2) is 42.0 Å². The average molecular weight is 310 g/mol. The summed E-state index contributed by atoms with van der Waals surface area (Å²) < 4.78 is 0. The van der Waals surface area contributed by atoms with Crippen molar-refractivity contribution in [2.75, 3.05) is 31.1 Å². The molecule has 3 nitrogen and oxygen atoms in total. The molecule has 1 saturated carbocycles. The van der Waals surface area contributed by atoms with Crippen LogP contribution in [0.4, 0.5) is 0 Å². The van der Waals surface area contributed by atoms with Crippen LogP contribution < -0.4 is 5.73 Å². The van der Waals surface area contributed by atoms with E-state index in [1.54, 1.807) is 0 Å². The molecular formula is C15H20ClN3S. The summed E-state index contributed by atoms with van der Waals surface area (Å²) in [4.78, 5) is 6.85. The van der Waals surface area contributed by atoms with E-state index < -0.39 is 0 Å². The second kappa shape index (κ2) is 5.86. The van der Waals surface area contributed by atoms with Crippen molar-refractivity contribution in [2.45, 2.75) is 18.3 Å². The number of rotatable bonds is 3. The number of thioether (sulfide) groups is 1. The third-order valence-corrected chi connectivity index (χ3v) is 5.45. The van der Waals surface area contributed by atoms with Crippen LogP contribution in [0.3, 0.4) is 0 Å². The maximum Gasteiger partial charge on any atom is 0.191 e. The monoisotopic (exact) mass is 309 g/mol. The van der Waals surface area contributed by atoms with Gasteiger partial charge in [-0.3, -0.25) is 4.99 Å². The molecule has 2 aliphatic rings. The van der Waals surface area contributed by atoms with Crippen molar-refractivity contribution in [3.8, 4) is 0 Å². The highest BCUT2D eigenvalue weighted by atomic mass is 35.5. The van der Waals surface area contributed by atoms with Crippen LogP contribution in [0.2, 0.25) is 5.02 Å². The minimum atomic E-state index is 0.132. The van der Waals surface area contributed by atoms with Gasteiger partial charge >= 0.3 is 0 Å². The third-order valence-electron chi connectivity index (χ3n) is 4.18. The lowest BCUT2D eigenvalue weighted by Gasteiger charge is -2.27. The van der Waals surface area contributed by atoms with Gasteiger partial charge in [0.2, 0.25) is 0 Å². The van der Waals surface area contributed by atoms with E-state index in [-0.39, 0.29) is 5.41 Å². The molecule has 2 fully saturated rings. The van der Waals surface area contributed by atoms with E-state index in [1.165, 1.54) is 5.56 Å². The summed E-state index contributed by atoms with van der Waals surface area (Å²) in [6.07, 6.45) is 2.31. The number of nitrogens with zero attached hydrogens (tertiary/aromatic N) is 2. The highest BCUT2D eigenvalue weighted by Gasteiger charge is 2.45. The van der Waals surface area contributed by atoms with Crippen LogP contribution in [0.15, 0.2) is 29.3 Å². The first-order valence-corrected chi connectivity index (χ1v) is 8.62. The largest absolute Gasteiger partial charge is 0.370 e. The Labute approximate surface area is 129 Å². The first-order chi connectivity index (χ1) is 9.71. The molecule has 0 atom stereocenters. The van der Waals surface area contributed by atoms with Crippen molar-refractivity contribution in [3.63, 3.8) is 0 Å². The van der Waals surface area contributed by atoms with Gasteiger partial charge in [-0.15, -0.1) is 0 Å². The van der Waals surface area contributed by atoms with Crippen LogP contribution in [0.5, 0.6) is 0 Å². The molecule has 1 aliphatic heterocycles. The maximum atomic E-state index is 6.32. The Kier molecular flexibility index (Phi) is 4.13. The molecule has 1 saturated heterocycles. The smallest absolute Gasteiger partial charge is 0.191 e. The Balaban J connectivity index is 1.69. The predicted octanol–water partition coefficient (Wildman–Crippen LogP) is 2.74. The van der Waals surface area contributed by atoms with E-state index in [9.17, 15) is 0 Å². The molecule has 0 spiro atoms. The minimum absolute atomic E-state index is 0.132. The molecule has 5 heteroatoms. The zero-order chi connectivity index (χ0) is 14.0. The summed E-state index contributed by atoms with van der Waals surface area (Å²) in [7, 11) is 0. The van der Waals surface area contributed by atoms with Crippen LogP contribution in [-0.2, 0) is 5.41 Å². The fourth-order valence-corrected chi connectivity index (χ4v) is 3.92. The fraction of sp³-hybridized carbons (Fsp3) is 0.533. The summed E-state index contributed by atoms with van der Waals surface area (Å²) in [5.74, 6) is 2.99. The molecule has 1 aromatic carbocycles. The lowest BCUT2D eigenvalue weighted by Crippen LogP contribution is -2.43. The molecule has 1 aromatic rings. The van der Waals surface area contributed by atoms with Gasteiger partial charge in [0.1, 0.15) is 0 Å². The molecule has 1 aliphatic carbocycles. The Morgan fingerprint density at radius 2 is 2.00 bits per heavy atom. The molecule has 3 rings (SSSR count). The average Bonchev–Trinajstić information content (AvgIpc) is 3.27. The van der Waals surface area contributed by atoms with E-state index in [0.717, 1.165) is 49.0 Å². The molecular weight excluding hydrogens is 290 g/mol. The van der Waals surface area contributed by atoms with Gasteiger partial charge in [-0.1, -0.05) is 29.8 Å². The van der Waals surface area contributed by atoms with Crippen molar-refractivity contribution in [1.82, 2.24) is 4.90 Å². The van der Waals surface area contributed by atoms with E-state index in [4.69, 9.17) is 17.3 Å². The zero-order valence-corrected chi connectivity index (χ0v) is 13.1. The topological polar surface area (TPSA) is 41.6 Å². The molecule has 0 amide bonds. The lowest BCUT2D eigenvalue weighted by molar-refractivity contribution is 0.454. The first kappa shape index (κ1) is 14.1. The van der Waals surface area contributed by atoms with Crippen LogP contribution in [0, 0.1) is 0 Å². The van der Waals surface area contributed by atoms with Gasteiger partial charge < -0.3 is 10.6 Å². The molecule has 108 valence electrons. The summed E-state index contributed by atoms with van der Waals surface area (Å²) >= 11 is 8.30. The van der Waals surface area contributed by atoms with Gasteiger partial charge in [-0.25, -0.2) is 0 Å². The Morgan fingerprint density at radius 1 is 1.30 bits per heavy atom. The minimum Gasteiger partial charge on any atom is -0.370 e. The van der Waals surface area contributed by atoms with Gasteiger partial charge in [0.25, 0.3) is 0 Å². The van der Waals surface area contributed by atoms with Crippen molar-refractivity contribution in [3.05, 3.63) is 34.9 Å². The zero-order valence-electron chi connectivity index (χ0n) is 11.5. The highest BCUT2D eigenvalue weighted by molar-refractivity contribution is 7.99. The number of aliphatic imine (C=N–C) groups is 1. The van der Waals surface area contributed by atoms with Gasteiger partial charge in [0.15, 0.2) is 5.96 Å². The van der Waals surface area contributed by atoms with Crippen LogP contribution in [0.25, 0.3) is 0 Å². The van der Waals surface area contributed by atoms with E-state index in [1.807, 2.05) is 23.9 Å². The van der Waals surface area contributed by atoms with E-state index >= 15 is 0 Å². The summed E-state index contributed by atoms with van der Waals surface area (Å²) in [5.41, 5.74) is 7.49. The van der Waals surface area contributed by atoms with Crippen molar-refractivity contribution < 1.29 is 0 Å². The fourth-order valence-electron chi connectivity index (χ4n) is 2.68.